The third-order valence-electron chi connectivity index (χ3n) is 3.94. The van der Waals surface area contributed by atoms with Crippen LogP contribution in [0.4, 0.5) is 0 Å². The van der Waals surface area contributed by atoms with Crippen LogP contribution in [-0.2, 0) is 6.54 Å². The van der Waals surface area contributed by atoms with Gasteiger partial charge in [0.1, 0.15) is 5.75 Å². The quantitative estimate of drug-likeness (QED) is 0.876. The molecule has 2 atom stereocenters. The van der Waals surface area contributed by atoms with Gasteiger partial charge in [0.05, 0.1) is 18.2 Å². The molecule has 3 nitrogen and oxygen atoms in total. The molecule has 0 aromatic heterocycles. The molecule has 0 radical (unpaired) electrons. The van der Waals surface area contributed by atoms with Crippen LogP contribution in [-0.4, -0.2) is 30.2 Å². The standard InChI is InChI=1S/C18H22ClNO2/c1-13(18(21)15-7-5-4-6-8-15)20(2)12-14-9-10-17(22-3)16(19)11-14/h4-11,13,18,21H,12H2,1-3H3/t13-,18+/m0/s1. The van der Waals surface area contributed by atoms with Crippen molar-refractivity contribution in [2.45, 2.75) is 25.6 Å². The Morgan fingerprint density at radius 2 is 1.86 bits per heavy atom. The zero-order valence-electron chi connectivity index (χ0n) is 13.2. The number of rotatable bonds is 6. The molecule has 0 amide bonds. The second-order valence-electron chi connectivity index (χ2n) is 5.48. The Hall–Kier alpha value is -1.55. The van der Waals surface area contributed by atoms with Crippen molar-refractivity contribution in [3.63, 3.8) is 0 Å². The van der Waals surface area contributed by atoms with Crippen molar-refractivity contribution in [3.05, 3.63) is 64.7 Å². The molecule has 0 spiro atoms. The van der Waals surface area contributed by atoms with E-state index in [1.54, 1.807) is 7.11 Å². The maximum Gasteiger partial charge on any atom is 0.137 e. The minimum Gasteiger partial charge on any atom is -0.495 e. The Labute approximate surface area is 137 Å². The van der Waals surface area contributed by atoms with Crippen LogP contribution in [0.3, 0.4) is 0 Å². The molecule has 0 unspecified atom stereocenters. The van der Waals surface area contributed by atoms with Crippen molar-refractivity contribution in [1.82, 2.24) is 4.90 Å². The topological polar surface area (TPSA) is 32.7 Å². The third-order valence-corrected chi connectivity index (χ3v) is 4.24. The normalized spacial score (nSPS) is 13.9. The van der Waals surface area contributed by atoms with Gasteiger partial charge in [-0.2, -0.15) is 0 Å². The summed E-state index contributed by atoms with van der Waals surface area (Å²) in [5.74, 6) is 0.672. The van der Waals surface area contributed by atoms with Crippen LogP contribution in [0.5, 0.6) is 5.75 Å². The second kappa shape index (κ2) is 7.63. The lowest BCUT2D eigenvalue weighted by Gasteiger charge is -2.29. The minimum atomic E-state index is -0.528. The maximum atomic E-state index is 10.5. The zero-order chi connectivity index (χ0) is 16.1. The van der Waals surface area contributed by atoms with E-state index in [4.69, 9.17) is 16.3 Å². The number of methoxy groups -OCH3 is 1. The molecule has 0 aliphatic heterocycles. The van der Waals surface area contributed by atoms with Crippen LogP contribution in [0.1, 0.15) is 24.2 Å². The van der Waals surface area contributed by atoms with E-state index in [1.165, 1.54) is 0 Å². The average Bonchev–Trinajstić information content (AvgIpc) is 2.54. The van der Waals surface area contributed by atoms with Crippen molar-refractivity contribution in [1.29, 1.82) is 0 Å². The lowest BCUT2D eigenvalue weighted by Crippen LogP contribution is -2.33. The van der Waals surface area contributed by atoms with Gasteiger partial charge in [-0.05, 0) is 37.2 Å². The third kappa shape index (κ3) is 4.01. The first-order valence-electron chi connectivity index (χ1n) is 7.28. The molecule has 0 aliphatic rings. The highest BCUT2D eigenvalue weighted by Gasteiger charge is 2.20. The van der Waals surface area contributed by atoms with E-state index < -0.39 is 6.10 Å². The first-order chi connectivity index (χ1) is 10.5. The van der Waals surface area contributed by atoms with Crippen LogP contribution < -0.4 is 4.74 Å². The molecule has 1 N–H and O–H groups in total. The Kier molecular flexibility index (Phi) is 5.83. The van der Waals surface area contributed by atoms with Gasteiger partial charge in [-0.3, -0.25) is 4.90 Å². The molecule has 2 rings (SSSR count). The van der Waals surface area contributed by atoms with Crippen molar-refractivity contribution < 1.29 is 9.84 Å². The summed E-state index contributed by atoms with van der Waals surface area (Å²) in [6.07, 6.45) is -0.528. The molecule has 2 aromatic rings. The van der Waals surface area contributed by atoms with Crippen molar-refractivity contribution in [2.24, 2.45) is 0 Å². The number of hydrogen-bond acceptors (Lipinski definition) is 3. The molecule has 0 heterocycles. The fraction of sp³-hybridized carbons (Fsp3) is 0.333. The number of likely N-dealkylation sites (N-methyl/N-ethyl adjacent to an activating group) is 1. The van der Waals surface area contributed by atoms with Crippen LogP contribution in [0.25, 0.3) is 0 Å². The first kappa shape index (κ1) is 16.8. The van der Waals surface area contributed by atoms with Gasteiger partial charge in [0.2, 0.25) is 0 Å². The number of aliphatic hydroxyl groups excluding tert-OH is 1. The number of halogens is 1. The SMILES string of the molecule is COc1ccc(CN(C)[C@@H](C)[C@@H](O)c2ccccc2)cc1Cl. The summed E-state index contributed by atoms with van der Waals surface area (Å²) in [6.45, 7) is 2.72. The van der Waals surface area contributed by atoms with E-state index in [0.717, 1.165) is 11.1 Å². The Balaban J connectivity index is 2.05. The van der Waals surface area contributed by atoms with E-state index >= 15 is 0 Å². The first-order valence-corrected chi connectivity index (χ1v) is 7.66. The largest absolute Gasteiger partial charge is 0.495 e. The summed E-state index contributed by atoms with van der Waals surface area (Å²) < 4.78 is 5.16. The second-order valence-corrected chi connectivity index (χ2v) is 5.89. The summed E-state index contributed by atoms with van der Waals surface area (Å²) >= 11 is 6.16. The molecule has 22 heavy (non-hydrogen) atoms. The molecule has 4 heteroatoms. The van der Waals surface area contributed by atoms with Gasteiger partial charge in [0.25, 0.3) is 0 Å². The van der Waals surface area contributed by atoms with Gasteiger partial charge in [0, 0.05) is 12.6 Å². The Morgan fingerprint density at radius 3 is 2.45 bits per heavy atom. The highest BCUT2D eigenvalue weighted by molar-refractivity contribution is 6.32. The smallest absolute Gasteiger partial charge is 0.137 e. The molecular formula is C18H22ClNO2. The fourth-order valence-corrected chi connectivity index (χ4v) is 2.69. The molecule has 118 valence electrons. The number of nitrogens with zero attached hydrogens (tertiary/aromatic N) is 1. The predicted molar refractivity (Wildman–Crippen MR) is 90.3 cm³/mol. The average molecular weight is 320 g/mol. The molecular weight excluding hydrogens is 298 g/mol. The van der Waals surface area contributed by atoms with Crippen molar-refractivity contribution in [3.8, 4) is 5.75 Å². The molecule has 0 aliphatic carbocycles. The number of ether oxygens (including phenoxy) is 1. The molecule has 0 saturated heterocycles. The number of hydrogen-bond donors (Lipinski definition) is 1. The highest BCUT2D eigenvalue weighted by atomic mass is 35.5. The summed E-state index contributed by atoms with van der Waals surface area (Å²) in [6, 6.07) is 15.5. The van der Waals surface area contributed by atoms with E-state index in [2.05, 4.69) is 4.90 Å². The lowest BCUT2D eigenvalue weighted by molar-refractivity contribution is 0.0688. The van der Waals surface area contributed by atoms with E-state index in [0.29, 0.717) is 17.3 Å². The monoisotopic (exact) mass is 319 g/mol. The summed E-state index contributed by atoms with van der Waals surface area (Å²) in [4.78, 5) is 2.11. The van der Waals surface area contributed by atoms with Gasteiger partial charge in [-0.1, -0.05) is 48.0 Å². The molecule has 0 saturated carbocycles. The van der Waals surface area contributed by atoms with Gasteiger partial charge in [-0.25, -0.2) is 0 Å². The van der Waals surface area contributed by atoms with Crippen LogP contribution in [0.2, 0.25) is 5.02 Å². The predicted octanol–water partition coefficient (Wildman–Crippen LogP) is 3.90. The van der Waals surface area contributed by atoms with Gasteiger partial charge in [0.15, 0.2) is 0 Å². The van der Waals surface area contributed by atoms with E-state index in [1.807, 2.05) is 62.5 Å². The van der Waals surface area contributed by atoms with Gasteiger partial charge < -0.3 is 9.84 Å². The number of benzene rings is 2. The van der Waals surface area contributed by atoms with Crippen molar-refractivity contribution >= 4 is 11.6 Å². The maximum absolute atomic E-state index is 10.5. The summed E-state index contributed by atoms with van der Waals surface area (Å²) in [5.41, 5.74) is 2.01. The van der Waals surface area contributed by atoms with E-state index in [9.17, 15) is 5.11 Å². The fourth-order valence-electron chi connectivity index (χ4n) is 2.41. The lowest BCUT2D eigenvalue weighted by atomic mass is 10.0. The molecule has 2 aromatic carbocycles. The van der Waals surface area contributed by atoms with Crippen LogP contribution >= 0.6 is 11.6 Å². The van der Waals surface area contributed by atoms with Gasteiger partial charge >= 0.3 is 0 Å². The molecule has 0 bridgehead atoms. The highest BCUT2D eigenvalue weighted by Crippen LogP contribution is 2.26. The summed E-state index contributed by atoms with van der Waals surface area (Å²) in [5, 5.41) is 11.1. The van der Waals surface area contributed by atoms with Crippen LogP contribution in [0.15, 0.2) is 48.5 Å². The summed E-state index contributed by atoms with van der Waals surface area (Å²) in [7, 11) is 3.60. The Morgan fingerprint density at radius 1 is 1.18 bits per heavy atom. The van der Waals surface area contributed by atoms with Gasteiger partial charge in [-0.15, -0.1) is 0 Å². The van der Waals surface area contributed by atoms with E-state index in [-0.39, 0.29) is 6.04 Å². The van der Waals surface area contributed by atoms with Crippen LogP contribution in [0, 0.1) is 0 Å². The molecule has 0 fully saturated rings. The van der Waals surface area contributed by atoms with Crippen molar-refractivity contribution in [2.75, 3.05) is 14.2 Å². The number of aliphatic hydroxyl groups is 1. The zero-order valence-corrected chi connectivity index (χ0v) is 13.9. The minimum absolute atomic E-state index is 0.0109. The Bertz CT molecular complexity index is 603.